The Hall–Kier alpha value is -2.30. The molecule has 3 rings (SSSR count). The number of rotatable bonds is 4. The number of para-hydroxylation sites is 1. The highest BCUT2D eigenvalue weighted by molar-refractivity contribution is 5.83. The van der Waals surface area contributed by atoms with Gasteiger partial charge < -0.3 is 14.4 Å². The van der Waals surface area contributed by atoms with Gasteiger partial charge in [-0.15, -0.1) is 0 Å². The minimum absolute atomic E-state index is 0.0571. The highest BCUT2D eigenvalue weighted by Crippen LogP contribution is 2.18. The lowest BCUT2D eigenvalue weighted by molar-refractivity contribution is -0.105. The molecule has 19 heavy (non-hydrogen) atoms. The molecule has 0 aromatic heterocycles. The number of ether oxygens (including phenoxy) is 2. The summed E-state index contributed by atoms with van der Waals surface area (Å²) in [6, 6.07) is 10.2. The summed E-state index contributed by atoms with van der Waals surface area (Å²) in [6.07, 6.45) is 2.33. The van der Waals surface area contributed by atoms with Crippen LogP contribution in [0, 0.1) is 0 Å². The maximum Gasteiger partial charge on any atom is 0.292 e. The lowest BCUT2D eigenvalue weighted by atomic mass is 10.2. The fourth-order valence-corrected chi connectivity index (χ4v) is 2.09. The van der Waals surface area contributed by atoms with Gasteiger partial charge in [0.25, 0.3) is 6.02 Å². The molecule has 0 spiro atoms. The van der Waals surface area contributed by atoms with E-state index in [4.69, 9.17) is 9.47 Å². The number of carbonyl (C=O) groups is 1. The van der Waals surface area contributed by atoms with Gasteiger partial charge in [0.1, 0.15) is 18.6 Å². The molecule has 1 fully saturated rings. The average molecular weight is 258 g/mol. The van der Waals surface area contributed by atoms with Crippen LogP contribution in [0.1, 0.15) is 0 Å². The van der Waals surface area contributed by atoms with Gasteiger partial charge in [-0.05, 0) is 12.1 Å². The quantitative estimate of drug-likeness (QED) is 0.762. The van der Waals surface area contributed by atoms with Gasteiger partial charge >= 0.3 is 0 Å². The maximum absolute atomic E-state index is 10.7. The van der Waals surface area contributed by atoms with Crippen molar-refractivity contribution >= 4 is 12.3 Å². The zero-order valence-electron chi connectivity index (χ0n) is 10.4. The molecular formula is C14H14N2O3. The molecule has 5 nitrogen and oxygen atoms in total. The molecule has 2 aliphatic rings. The van der Waals surface area contributed by atoms with Crippen LogP contribution in [0.4, 0.5) is 0 Å². The summed E-state index contributed by atoms with van der Waals surface area (Å²) < 4.78 is 11.3. The van der Waals surface area contributed by atoms with Gasteiger partial charge in [-0.2, -0.15) is 0 Å². The van der Waals surface area contributed by atoms with E-state index in [2.05, 4.69) is 4.99 Å². The smallest absolute Gasteiger partial charge is 0.292 e. The van der Waals surface area contributed by atoms with Gasteiger partial charge in [0.05, 0.1) is 13.1 Å². The van der Waals surface area contributed by atoms with Crippen molar-refractivity contribution in [2.45, 2.75) is 6.10 Å². The lowest BCUT2D eigenvalue weighted by Gasteiger charge is -2.17. The van der Waals surface area contributed by atoms with Crippen LogP contribution in [-0.2, 0) is 9.53 Å². The predicted octanol–water partition coefficient (Wildman–Crippen LogP) is 1.22. The summed E-state index contributed by atoms with van der Waals surface area (Å²) in [6.45, 7) is 1.72. The number of aliphatic imine (C=N–C) groups is 1. The van der Waals surface area contributed by atoms with E-state index in [-0.39, 0.29) is 6.10 Å². The summed E-state index contributed by atoms with van der Waals surface area (Å²) in [7, 11) is 0. The second-order valence-corrected chi connectivity index (χ2v) is 4.48. The van der Waals surface area contributed by atoms with Crippen LogP contribution >= 0.6 is 0 Å². The second-order valence-electron chi connectivity index (χ2n) is 4.48. The van der Waals surface area contributed by atoms with Gasteiger partial charge in [-0.3, -0.25) is 4.79 Å². The summed E-state index contributed by atoms with van der Waals surface area (Å²) in [5, 5.41) is 0. The molecule has 1 aromatic rings. The van der Waals surface area contributed by atoms with E-state index in [9.17, 15) is 4.79 Å². The highest BCUT2D eigenvalue weighted by atomic mass is 16.6. The van der Waals surface area contributed by atoms with Crippen LogP contribution in [0.3, 0.4) is 0 Å². The second kappa shape index (κ2) is 5.14. The largest absolute Gasteiger partial charge is 0.490 e. The molecule has 0 radical (unpaired) electrons. The molecule has 1 aromatic carbocycles. The number of nitrogens with zero attached hydrogens (tertiary/aromatic N) is 2. The van der Waals surface area contributed by atoms with Gasteiger partial charge in [0, 0.05) is 11.8 Å². The third kappa shape index (κ3) is 2.59. The molecule has 2 heterocycles. The van der Waals surface area contributed by atoms with Gasteiger partial charge in [0.15, 0.2) is 6.10 Å². The molecule has 0 saturated carbocycles. The Labute approximate surface area is 111 Å². The van der Waals surface area contributed by atoms with Crippen molar-refractivity contribution in [1.82, 2.24) is 4.90 Å². The zero-order valence-corrected chi connectivity index (χ0v) is 10.4. The summed E-state index contributed by atoms with van der Waals surface area (Å²) in [5.41, 5.74) is 0.664. The molecule has 0 N–H and O–H groups in total. The first-order valence-corrected chi connectivity index (χ1v) is 6.16. The van der Waals surface area contributed by atoms with Crippen LogP contribution in [0.25, 0.3) is 0 Å². The normalized spacial score (nSPS) is 21.1. The van der Waals surface area contributed by atoms with E-state index in [1.165, 1.54) is 0 Å². The van der Waals surface area contributed by atoms with Crippen molar-refractivity contribution in [3.8, 4) is 5.75 Å². The van der Waals surface area contributed by atoms with E-state index in [0.717, 1.165) is 12.0 Å². The Morgan fingerprint density at radius 1 is 1.42 bits per heavy atom. The van der Waals surface area contributed by atoms with Crippen LogP contribution < -0.4 is 4.74 Å². The first-order valence-electron chi connectivity index (χ1n) is 6.16. The van der Waals surface area contributed by atoms with Gasteiger partial charge in [-0.25, -0.2) is 4.99 Å². The molecule has 1 unspecified atom stereocenters. The monoisotopic (exact) mass is 258 g/mol. The van der Waals surface area contributed by atoms with E-state index in [0.29, 0.717) is 31.3 Å². The Kier molecular flexibility index (Phi) is 3.18. The summed E-state index contributed by atoms with van der Waals surface area (Å²) in [5.74, 6) is 0.824. The molecule has 0 bridgehead atoms. The molecule has 5 heteroatoms. The first kappa shape index (κ1) is 11.8. The molecule has 2 aliphatic heterocycles. The van der Waals surface area contributed by atoms with Crippen LogP contribution in [0.2, 0.25) is 0 Å². The summed E-state index contributed by atoms with van der Waals surface area (Å²) >= 11 is 0. The lowest BCUT2D eigenvalue weighted by Crippen LogP contribution is -2.31. The van der Waals surface area contributed by atoms with Gasteiger partial charge in [0.2, 0.25) is 0 Å². The third-order valence-corrected chi connectivity index (χ3v) is 3.01. The number of aldehydes is 1. The fraction of sp³-hybridized carbons (Fsp3) is 0.286. The standard InChI is InChI=1S/C14H14N2O3/c17-9-11-6-15-14-16(7-11)8-13(19-14)10-18-12-4-2-1-3-5-12/h1-6,9,13H,7-8,10H2. The number of benzene rings is 1. The Morgan fingerprint density at radius 3 is 3.05 bits per heavy atom. The van der Waals surface area contributed by atoms with Crippen LogP contribution in [0.5, 0.6) is 5.75 Å². The Bertz CT molecular complexity index is 525. The SMILES string of the molecule is O=CC1=CN=C2OC(COc3ccccc3)CN2C1. The Balaban J connectivity index is 1.55. The van der Waals surface area contributed by atoms with Crippen LogP contribution in [-0.4, -0.2) is 43.0 Å². The van der Waals surface area contributed by atoms with Crippen molar-refractivity contribution in [3.05, 3.63) is 42.1 Å². The zero-order chi connectivity index (χ0) is 13.1. The van der Waals surface area contributed by atoms with E-state index in [1.807, 2.05) is 35.2 Å². The van der Waals surface area contributed by atoms with Crippen molar-refractivity contribution in [1.29, 1.82) is 0 Å². The van der Waals surface area contributed by atoms with E-state index >= 15 is 0 Å². The Morgan fingerprint density at radius 2 is 2.26 bits per heavy atom. The molecule has 98 valence electrons. The number of hydrogen-bond donors (Lipinski definition) is 0. The van der Waals surface area contributed by atoms with E-state index < -0.39 is 0 Å². The summed E-state index contributed by atoms with van der Waals surface area (Å²) in [4.78, 5) is 16.8. The average Bonchev–Trinajstić information content (AvgIpc) is 2.88. The van der Waals surface area contributed by atoms with Crippen molar-refractivity contribution in [3.63, 3.8) is 0 Å². The number of amidine groups is 1. The highest BCUT2D eigenvalue weighted by Gasteiger charge is 2.31. The third-order valence-electron chi connectivity index (χ3n) is 3.01. The predicted molar refractivity (Wildman–Crippen MR) is 70.0 cm³/mol. The number of carbonyl (C=O) groups excluding carboxylic acids is 1. The van der Waals surface area contributed by atoms with Crippen LogP contribution in [0.15, 0.2) is 47.1 Å². The first-order chi connectivity index (χ1) is 9.35. The van der Waals surface area contributed by atoms with Gasteiger partial charge in [-0.1, -0.05) is 18.2 Å². The minimum atomic E-state index is -0.0571. The molecule has 1 saturated heterocycles. The van der Waals surface area contributed by atoms with Crippen molar-refractivity contribution in [2.24, 2.45) is 4.99 Å². The van der Waals surface area contributed by atoms with E-state index in [1.54, 1.807) is 6.20 Å². The number of fused-ring (bicyclic) bond motifs is 1. The molecule has 0 amide bonds. The number of hydrogen-bond acceptors (Lipinski definition) is 5. The van der Waals surface area contributed by atoms with Crippen molar-refractivity contribution in [2.75, 3.05) is 19.7 Å². The minimum Gasteiger partial charge on any atom is -0.490 e. The maximum atomic E-state index is 10.7. The topological polar surface area (TPSA) is 51.1 Å². The molecule has 1 atom stereocenters. The molecular weight excluding hydrogens is 244 g/mol. The fourth-order valence-electron chi connectivity index (χ4n) is 2.09. The molecule has 0 aliphatic carbocycles. The van der Waals surface area contributed by atoms with Crippen molar-refractivity contribution < 1.29 is 14.3 Å².